The molecule has 0 aliphatic heterocycles. The summed E-state index contributed by atoms with van der Waals surface area (Å²) in [5.41, 5.74) is 4.59. The first-order valence-electron chi connectivity index (χ1n) is 9.24. The van der Waals surface area contributed by atoms with Crippen molar-refractivity contribution in [2.75, 3.05) is 0 Å². The highest BCUT2D eigenvalue weighted by Gasteiger charge is 2.18. The van der Waals surface area contributed by atoms with E-state index in [-0.39, 0.29) is 0 Å². The summed E-state index contributed by atoms with van der Waals surface area (Å²) >= 11 is 0. The van der Waals surface area contributed by atoms with Gasteiger partial charge in [-0.25, -0.2) is 4.68 Å². The topological polar surface area (TPSA) is 30.7 Å². The van der Waals surface area contributed by atoms with E-state index in [1.165, 1.54) is 11.3 Å². The summed E-state index contributed by atoms with van der Waals surface area (Å²) in [6.07, 6.45) is 8.82. The van der Waals surface area contributed by atoms with E-state index in [0.717, 1.165) is 29.9 Å². The Morgan fingerprint density at radius 3 is 2.46 bits per heavy atom. The van der Waals surface area contributed by atoms with E-state index in [4.69, 9.17) is 0 Å². The molecule has 0 bridgehead atoms. The van der Waals surface area contributed by atoms with E-state index in [1.54, 1.807) is 0 Å². The molecule has 0 atom stereocenters. The summed E-state index contributed by atoms with van der Waals surface area (Å²) in [5, 5.41) is 8.76. The molecule has 0 amide bonds. The molecule has 0 aliphatic carbocycles. The van der Waals surface area contributed by atoms with Crippen molar-refractivity contribution in [2.24, 2.45) is 0 Å². The van der Waals surface area contributed by atoms with Crippen LogP contribution in [0.1, 0.15) is 18.4 Å². The molecule has 0 aliphatic rings. The minimum atomic E-state index is -1.26. The summed E-state index contributed by atoms with van der Waals surface area (Å²) < 4.78 is 2.04. The first-order valence-corrected chi connectivity index (χ1v) is 13.0. The minimum Gasteiger partial charge on any atom is -0.218 e. The Morgan fingerprint density at radius 1 is 0.962 bits per heavy atom. The number of hydrogen-bond acceptors (Lipinski definition) is 2. The van der Waals surface area contributed by atoms with E-state index in [0.29, 0.717) is 0 Å². The van der Waals surface area contributed by atoms with Crippen LogP contribution in [0.3, 0.4) is 0 Å². The van der Waals surface area contributed by atoms with Crippen LogP contribution in [0.5, 0.6) is 0 Å². The van der Waals surface area contributed by atoms with E-state index in [9.17, 15) is 0 Å². The first-order chi connectivity index (χ1) is 12.5. The van der Waals surface area contributed by atoms with Crippen LogP contribution in [0.25, 0.3) is 22.8 Å². The van der Waals surface area contributed by atoms with E-state index in [1.807, 2.05) is 22.9 Å². The molecule has 3 rings (SSSR count). The Bertz CT molecular complexity index is 902. The molecule has 3 aromatic rings. The zero-order valence-electron chi connectivity index (χ0n) is 15.9. The molecule has 0 unspecified atom stereocenters. The lowest BCUT2D eigenvalue weighted by molar-refractivity contribution is 0.827. The molecule has 0 radical (unpaired) electrons. The maximum Gasteiger partial charge on any atom is 0.113 e. The lowest BCUT2D eigenvalue weighted by atomic mass is 10.2. The first kappa shape index (κ1) is 18.3. The number of allylic oxidation sites excluding steroid dienone is 3. The maximum atomic E-state index is 4.43. The van der Waals surface area contributed by atoms with Gasteiger partial charge in [-0.05, 0) is 36.6 Å². The number of hydrogen-bond donors (Lipinski definition) is 0. The number of benzene rings is 2. The van der Waals surface area contributed by atoms with Crippen LogP contribution in [-0.4, -0.2) is 23.1 Å². The third-order valence-corrected chi connectivity index (χ3v) is 5.58. The second-order valence-corrected chi connectivity index (χ2v) is 13.3. The van der Waals surface area contributed by atoms with Gasteiger partial charge in [0.05, 0.1) is 13.6 Å². The van der Waals surface area contributed by atoms with E-state index < -0.39 is 8.07 Å². The average molecular weight is 362 g/mol. The molecule has 0 N–H and O–H groups in total. The fourth-order valence-electron chi connectivity index (χ4n) is 2.99. The van der Waals surface area contributed by atoms with Crippen molar-refractivity contribution in [3.8, 4) is 0 Å². The van der Waals surface area contributed by atoms with Crippen LogP contribution in [0.15, 0.2) is 66.7 Å². The smallest absolute Gasteiger partial charge is 0.113 e. The van der Waals surface area contributed by atoms with Gasteiger partial charge < -0.3 is 0 Å². The van der Waals surface area contributed by atoms with Crippen molar-refractivity contribution < 1.29 is 0 Å². The Hall–Kier alpha value is -2.46. The normalized spacial score (nSPS) is 13.0. The minimum absolute atomic E-state index is 0.956. The van der Waals surface area contributed by atoms with Crippen LogP contribution in [0.2, 0.25) is 25.7 Å². The molecular weight excluding hydrogens is 334 g/mol. The summed E-state index contributed by atoms with van der Waals surface area (Å²) in [4.78, 5) is 0. The van der Waals surface area contributed by atoms with Gasteiger partial charge in [-0.15, -0.1) is 5.10 Å². The van der Waals surface area contributed by atoms with Crippen LogP contribution in [0.4, 0.5) is 0 Å². The quantitative estimate of drug-likeness (QED) is 0.376. The van der Waals surface area contributed by atoms with Crippen LogP contribution in [-0.2, 0) is 0 Å². The second-order valence-electron chi connectivity index (χ2n) is 7.81. The highest BCUT2D eigenvalue weighted by molar-refractivity contribution is 6.77. The summed E-state index contributed by atoms with van der Waals surface area (Å²) in [5.74, 6) is 0. The Labute approximate surface area is 157 Å². The average Bonchev–Trinajstić information content (AvgIpc) is 3.04. The molecule has 2 aromatic carbocycles. The van der Waals surface area contributed by atoms with E-state index in [2.05, 4.69) is 84.6 Å². The number of para-hydroxylation sites is 1. The number of nitrogens with zero attached hydrogens (tertiary/aromatic N) is 3. The second kappa shape index (κ2) is 8.28. The van der Waals surface area contributed by atoms with Gasteiger partial charge in [0.15, 0.2) is 0 Å². The van der Waals surface area contributed by atoms with Crippen LogP contribution < -0.4 is 0 Å². The summed E-state index contributed by atoms with van der Waals surface area (Å²) in [7, 11) is -1.26. The van der Waals surface area contributed by atoms with Crippen molar-refractivity contribution >= 4 is 30.9 Å². The molecule has 26 heavy (non-hydrogen) atoms. The maximum absolute atomic E-state index is 4.43. The van der Waals surface area contributed by atoms with Crippen molar-refractivity contribution in [3.05, 3.63) is 72.3 Å². The molecule has 3 nitrogen and oxygen atoms in total. The van der Waals surface area contributed by atoms with Gasteiger partial charge in [0.2, 0.25) is 0 Å². The molecule has 0 saturated carbocycles. The Kier molecular flexibility index (Phi) is 5.84. The number of fused-ring (bicyclic) bond motifs is 1. The SMILES string of the molecule is C[Si](C)(C)C/C(=C\CC/C=C/c1ccccc1)n1nnc2ccccc21. The van der Waals surface area contributed by atoms with Gasteiger partial charge in [0, 0.05) is 5.70 Å². The number of unbranched alkanes of at least 4 members (excludes halogenated alkanes) is 1. The van der Waals surface area contributed by atoms with Crippen LogP contribution >= 0.6 is 0 Å². The largest absolute Gasteiger partial charge is 0.218 e. The van der Waals surface area contributed by atoms with Gasteiger partial charge in [-0.2, -0.15) is 0 Å². The standard InChI is InChI=1S/C22H27N3Si/c1-26(2,3)18-20(25-22-17-11-10-16-21(22)23-24-25)15-9-5-8-14-19-12-6-4-7-13-19/h4,6-8,10-17H,5,9,18H2,1-3H3/b14-8+,20-15+. The van der Waals surface area contributed by atoms with Crippen molar-refractivity contribution in [2.45, 2.75) is 38.5 Å². The molecule has 134 valence electrons. The van der Waals surface area contributed by atoms with Gasteiger partial charge in [-0.1, -0.05) is 85.5 Å². The highest BCUT2D eigenvalue weighted by atomic mass is 28.3. The molecule has 0 spiro atoms. The zero-order valence-corrected chi connectivity index (χ0v) is 16.9. The summed E-state index contributed by atoms with van der Waals surface area (Å²) in [6, 6.07) is 19.7. The monoisotopic (exact) mass is 361 g/mol. The third-order valence-electron chi connectivity index (χ3n) is 4.16. The molecule has 0 saturated heterocycles. The molecule has 0 fully saturated rings. The van der Waals surface area contributed by atoms with Gasteiger partial charge in [-0.3, -0.25) is 0 Å². The predicted molar refractivity (Wildman–Crippen MR) is 115 cm³/mol. The van der Waals surface area contributed by atoms with Crippen molar-refractivity contribution in [1.29, 1.82) is 0 Å². The molecule has 1 aromatic heterocycles. The van der Waals surface area contributed by atoms with Gasteiger partial charge in [0.25, 0.3) is 0 Å². The summed E-state index contributed by atoms with van der Waals surface area (Å²) in [6.45, 7) is 7.19. The lowest BCUT2D eigenvalue weighted by Gasteiger charge is -2.18. The van der Waals surface area contributed by atoms with Gasteiger partial charge >= 0.3 is 0 Å². The zero-order chi connectivity index (χ0) is 18.4. The molecule has 1 heterocycles. The highest BCUT2D eigenvalue weighted by Crippen LogP contribution is 2.24. The number of rotatable bonds is 7. The van der Waals surface area contributed by atoms with Crippen molar-refractivity contribution in [1.82, 2.24) is 15.0 Å². The third kappa shape index (κ3) is 5.02. The van der Waals surface area contributed by atoms with Crippen molar-refractivity contribution in [3.63, 3.8) is 0 Å². The number of aromatic nitrogens is 3. The molecule has 4 heteroatoms. The Balaban J connectivity index is 1.76. The predicted octanol–water partition coefficient (Wildman–Crippen LogP) is 6.10. The fraction of sp³-hybridized carbons (Fsp3) is 0.273. The van der Waals surface area contributed by atoms with E-state index >= 15 is 0 Å². The van der Waals surface area contributed by atoms with Gasteiger partial charge in [0.1, 0.15) is 5.52 Å². The van der Waals surface area contributed by atoms with Crippen LogP contribution in [0, 0.1) is 0 Å². The molecular formula is C22H27N3Si. The lowest BCUT2D eigenvalue weighted by Crippen LogP contribution is -2.21. The fourth-order valence-corrected chi connectivity index (χ4v) is 4.37. The Morgan fingerprint density at radius 2 is 1.69 bits per heavy atom.